The van der Waals surface area contributed by atoms with Crippen molar-refractivity contribution < 1.29 is 9.36 Å². The lowest BCUT2D eigenvalue weighted by atomic mass is 10.2. The number of hydrogen-bond acceptors (Lipinski definition) is 2. The van der Waals surface area contributed by atoms with E-state index in [1.54, 1.807) is 28.8 Å². The number of anilines is 1. The average molecular weight is 238 g/mol. The van der Waals surface area contributed by atoms with Gasteiger partial charge in [-0.05, 0) is 18.2 Å². The fraction of sp³-hybridized carbons (Fsp3) is 0.0714. The van der Waals surface area contributed by atoms with Crippen LogP contribution in [0, 0.1) is 11.3 Å². The van der Waals surface area contributed by atoms with E-state index in [1.807, 2.05) is 36.7 Å². The topological polar surface area (TPSA) is 56.8 Å². The number of aromatic nitrogens is 1. The van der Waals surface area contributed by atoms with Crippen molar-refractivity contribution in [2.24, 2.45) is 0 Å². The fourth-order valence-corrected chi connectivity index (χ4v) is 1.57. The van der Waals surface area contributed by atoms with Gasteiger partial charge in [0.05, 0.1) is 11.6 Å². The number of nitrogens with zero attached hydrogens (tertiary/aromatic N) is 2. The molecule has 1 N–H and O–H groups in total. The van der Waals surface area contributed by atoms with Gasteiger partial charge in [0.25, 0.3) is 5.91 Å². The Morgan fingerprint density at radius 1 is 1.22 bits per heavy atom. The maximum absolute atomic E-state index is 11.8. The van der Waals surface area contributed by atoms with Gasteiger partial charge < -0.3 is 5.32 Å². The van der Waals surface area contributed by atoms with Crippen LogP contribution in [0.4, 0.5) is 5.69 Å². The van der Waals surface area contributed by atoms with Gasteiger partial charge in [0.2, 0.25) is 6.54 Å². The molecule has 0 aliphatic heterocycles. The smallest absolute Gasteiger partial charge is 0.290 e. The highest BCUT2D eigenvalue weighted by Crippen LogP contribution is 2.09. The quantitative estimate of drug-likeness (QED) is 0.823. The number of nitrogens with one attached hydrogen (secondary N) is 1. The molecular weight excluding hydrogens is 226 g/mol. The van der Waals surface area contributed by atoms with E-state index in [4.69, 9.17) is 5.26 Å². The van der Waals surface area contributed by atoms with Gasteiger partial charge in [-0.15, -0.1) is 0 Å². The van der Waals surface area contributed by atoms with Crippen LogP contribution in [0.5, 0.6) is 0 Å². The Morgan fingerprint density at radius 2 is 2.00 bits per heavy atom. The van der Waals surface area contributed by atoms with Crippen molar-refractivity contribution in [2.45, 2.75) is 6.54 Å². The van der Waals surface area contributed by atoms with Gasteiger partial charge in [0.15, 0.2) is 12.4 Å². The molecule has 0 radical (unpaired) electrons. The first-order valence-corrected chi connectivity index (χ1v) is 5.52. The molecule has 2 aromatic rings. The Labute approximate surface area is 105 Å². The SMILES string of the molecule is N#Cc1cccc(NC(=O)C[n+]2ccccc2)c1. The molecule has 0 fully saturated rings. The van der Waals surface area contributed by atoms with Crippen LogP contribution in [-0.2, 0) is 11.3 Å². The lowest BCUT2D eigenvalue weighted by Gasteiger charge is -2.02. The Bertz CT molecular complexity index is 587. The summed E-state index contributed by atoms with van der Waals surface area (Å²) in [5.74, 6) is -0.124. The van der Waals surface area contributed by atoms with Gasteiger partial charge in [-0.2, -0.15) is 9.83 Å². The molecule has 1 aromatic heterocycles. The molecule has 0 aliphatic rings. The molecule has 0 bridgehead atoms. The number of carbonyl (C=O) groups excluding carboxylic acids is 1. The minimum atomic E-state index is -0.124. The molecule has 2 rings (SSSR count). The molecule has 18 heavy (non-hydrogen) atoms. The molecule has 0 saturated carbocycles. The maximum atomic E-state index is 11.8. The summed E-state index contributed by atoms with van der Waals surface area (Å²) in [7, 11) is 0. The largest absolute Gasteiger partial charge is 0.321 e. The fourth-order valence-electron chi connectivity index (χ4n) is 1.57. The first-order valence-electron chi connectivity index (χ1n) is 5.52. The Morgan fingerprint density at radius 3 is 2.72 bits per heavy atom. The van der Waals surface area contributed by atoms with Crippen molar-refractivity contribution in [2.75, 3.05) is 5.32 Å². The predicted octanol–water partition coefficient (Wildman–Crippen LogP) is 1.48. The first-order chi connectivity index (χ1) is 8.78. The van der Waals surface area contributed by atoms with Gasteiger partial charge in [-0.25, -0.2) is 0 Å². The lowest BCUT2D eigenvalue weighted by Crippen LogP contribution is -2.39. The van der Waals surface area contributed by atoms with Crippen molar-refractivity contribution in [3.8, 4) is 6.07 Å². The highest BCUT2D eigenvalue weighted by molar-refractivity contribution is 5.89. The van der Waals surface area contributed by atoms with E-state index >= 15 is 0 Å². The van der Waals surface area contributed by atoms with E-state index in [2.05, 4.69) is 5.32 Å². The van der Waals surface area contributed by atoms with Crippen molar-refractivity contribution >= 4 is 11.6 Å². The molecule has 4 heteroatoms. The molecule has 4 nitrogen and oxygen atoms in total. The Kier molecular flexibility index (Phi) is 3.67. The summed E-state index contributed by atoms with van der Waals surface area (Å²) in [5, 5.41) is 11.5. The van der Waals surface area contributed by atoms with Crippen LogP contribution in [-0.4, -0.2) is 5.91 Å². The monoisotopic (exact) mass is 238 g/mol. The van der Waals surface area contributed by atoms with Crippen molar-refractivity contribution in [3.05, 3.63) is 60.4 Å². The molecule has 0 unspecified atom stereocenters. The molecule has 0 saturated heterocycles. The number of rotatable bonds is 3. The van der Waals surface area contributed by atoms with Crippen LogP contribution in [0.3, 0.4) is 0 Å². The number of nitriles is 1. The molecule has 1 amide bonds. The van der Waals surface area contributed by atoms with Gasteiger partial charge in [0.1, 0.15) is 0 Å². The summed E-state index contributed by atoms with van der Waals surface area (Å²) in [4.78, 5) is 11.8. The summed E-state index contributed by atoms with van der Waals surface area (Å²) >= 11 is 0. The van der Waals surface area contributed by atoms with E-state index < -0.39 is 0 Å². The van der Waals surface area contributed by atoms with E-state index in [0.29, 0.717) is 11.3 Å². The standard InChI is InChI=1S/C14H11N3O/c15-10-12-5-4-6-13(9-12)16-14(18)11-17-7-2-1-3-8-17/h1-9H,11H2/p+1. The van der Waals surface area contributed by atoms with Gasteiger partial charge in [-0.1, -0.05) is 12.1 Å². The summed E-state index contributed by atoms with van der Waals surface area (Å²) in [6.07, 6.45) is 3.65. The van der Waals surface area contributed by atoms with E-state index in [0.717, 1.165) is 0 Å². The van der Waals surface area contributed by atoms with E-state index in [-0.39, 0.29) is 12.5 Å². The van der Waals surface area contributed by atoms with Crippen LogP contribution >= 0.6 is 0 Å². The maximum Gasteiger partial charge on any atom is 0.290 e. The molecule has 1 aromatic carbocycles. The van der Waals surface area contributed by atoms with Crippen LogP contribution in [0.25, 0.3) is 0 Å². The van der Waals surface area contributed by atoms with Gasteiger partial charge in [0, 0.05) is 17.8 Å². The summed E-state index contributed by atoms with van der Waals surface area (Å²) < 4.78 is 1.78. The second kappa shape index (κ2) is 5.60. The second-order valence-corrected chi connectivity index (χ2v) is 3.79. The minimum Gasteiger partial charge on any atom is -0.321 e. The number of amides is 1. The summed E-state index contributed by atoms with van der Waals surface area (Å²) in [6.45, 7) is 0.248. The molecule has 0 spiro atoms. The average Bonchev–Trinajstić information content (AvgIpc) is 2.40. The molecular formula is C14H12N3O+. The third-order valence-corrected chi connectivity index (χ3v) is 2.38. The normalized spacial score (nSPS) is 9.50. The zero-order chi connectivity index (χ0) is 12.8. The predicted molar refractivity (Wildman–Crippen MR) is 66.4 cm³/mol. The van der Waals surface area contributed by atoms with Crippen molar-refractivity contribution in [1.29, 1.82) is 5.26 Å². The zero-order valence-electron chi connectivity index (χ0n) is 9.71. The molecule has 0 aliphatic carbocycles. The van der Waals surface area contributed by atoms with Gasteiger partial charge >= 0.3 is 0 Å². The summed E-state index contributed by atoms with van der Waals surface area (Å²) in [5.41, 5.74) is 1.16. The number of carbonyl (C=O) groups is 1. The zero-order valence-corrected chi connectivity index (χ0v) is 9.71. The first kappa shape index (κ1) is 11.8. The molecule has 0 atom stereocenters. The summed E-state index contributed by atoms with van der Waals surface area (Å²) in [6, 6.07) is 14.5. The number of hydrogen-bond donors (Lipinski definition) is 1. The van der Waals surface area contributed by atoms with E-state index in [9.17, 15) is 4.79 Å². The van der Waals surface area contributed by atoms with Gasteiger partial charge in [-0.3, -0.25) is 4.79 Å². The van der Waals surface area contributed by atoms with Crippen molar-refractivity contribution in [1.82, 2.24) is 0 Å². The van der Waals surface area contributed by atoms with Crippen LogP contribution in [0.15, 0.2) is 54.9 Å². The van der Waals surface area contributed by atoms with Crippen LogP contribution in [0.1, 0.15) is 5.56 Å². The third kappa shape index (κ3) is 3.16. The third-order valence-electron chi connectivity index (χ3n) is 2.38. The Balaban J connectivity index is 2.01. The molecule has 88 valence electrons. The highest BCUT2D eigenvalue weighted by atomic mass is 16.1. The highest BCUT2D eigenvalue weighted by Gasteiger charge is 2.08. The second-order valence-electron chi connectivity index (χ2n) is 3.79. The van der Waals surface area contributed by atoms with Crippen LogP contribution in [0.2, 0.25) is 0 Å². The minimum absolute atomic E-state index is 0.124. The Hall–Kier alpha value is -2.67. The molecule has 1 heterocycles. The lowest BCUT2D eigenvalue weighted by molar-refractivity contribution is -0.684. The van der Waals surface area contributed by atoms with Crippen molar-refractivity contribution in [3.63, 3.8) is 0 Å². The number of pyridine rings is 1. The van der Waals surface area contributed by atoms with E-state index in [1.165, 1.54) is 0 Å². The number of benzene rings is 1. The van der Waals surface area contributed by atoms with Crippen LogP contribution < -0.4 is 9.88 Å².